The first-order valence-electron chi connectivity index (χ1n) is 11.7. The van der Waals surface area contributed by atoms with Crippen LogP contribution >= 0.6 is 34.8 Å². The van der Waals surface area contributed by atoms with Gasteiger partial charge in [0.15, 0.2) is 5.82 Å². The minimum Gasteiger partial charge on any atom is -0.457 e. The van der Waals surface area contributed by atoms with Gasteiger partial charge in [0, 0.05) is 30.6 Å². The molecule has 190 valence electrons. The van der Waals surface area contributed by atoms with Crippen LogP contribution in [0, 0.1) is 6.92 Å². The third kappa shape index (κ3) is 4.75. The first-order chi connectivity index (χ1) is 17.8. The molecule has 37 heavy (non-hydrogen) atoms. The van der Waals surface area contributed by atoms with Crippen molar-refractivity contribution >= 4 is 52.0 Å². The molecule has 3 heterocycles. The molecule has 0 radical (unpaired) electrons. The van der Waals surface area contributed by atoms with Crippen molar-refractivity contribution in [2.75, 3.05) is 18.8 Å². The van der Waals surface area contributed by atoms with Gasteiger partial charge in [-0.05, 0) is 61.2 Å². The van der Waals surface area contributed by atoms with E-state index in [1.54, 1.807) is 27.6 Å². The van der Waals surface area contributed by atoms with Crippen molar-refractivity contribution < 1.29 is 9.53 Å². The summed E-state index contributed by atoms with van der Waals surface area (Å²) in [6, 6.07) is 10.9. The maximum atomic E-state index is 12.3. The number of benzene rings is 2. The fraction of sp³-hybridized carbons (Fsp3) is 0.222. The molecule has 10 heteroatoms. The number of carbonyl (C=O) groups excluding carboxylic acids is 1. The summed E-state index contributed by atoms with van der Waals surface area (Å²) in [5.74, 6) is 1.45. The highest BCUT2D eigenvalue weighted by atomic mass is 35.5. The highest BCUT2D eigenvalue weighted by Gasteiger charge is 2.31. The molecule has 1 saturated heterocycles. The zero-order valence-electron chi connectivity index (χ0n) is 20.0. The van der Waals surface area contributed by atoms with Crippen LogP contribution in [-0.4, -0.2) is 38.5 Å². The monoisotopic (exact) mass is 555 g/mol. The zero-order valence-corrected chi connectivity index (χ0v) is 22.3. The van der Waals surface area contributed by atoms with E-state index in [1.807, 2.05) is 25.1 Å². The lowest BCUT2D eigenvalue weighted by Gasteiger charge is -2.32. The fourth-order valence-corrected chi connectivity index (χ4v) is 5.56. The molecule has 0 spiro atoms. The van der Waals surface area contributed by atoms with Gasteiger partial charge in [-0.15, -0.1) is 0 Å². The van der Waals surface area contributed by atoms with Gasteiger partial charge < -0.3 is 15.4 Å². The molecular formula is C27H24Cl3N5O2. The lowest BCUT2D eigenvalue weighted by Crippen LogP contribution is -2.38. The van der Waals surface area contributed by atoms with E-state index in [4.69, 9.17) is 45.3 Å². The Morgan fingerprint density at radius 2 is 2.00 bits per heavy atom. The van der Waals surface area contributed by atoms with Crippen molar-refractivity contribution in [1.29, 1.82) is 0 Å². The summed E-state index contributed by atoms with van der Waals surface area (Å²) in [6.07, 6.45) is 4.48. The Kier molecular flexibility index (Phi) is 7.03. The second-order valence-electron chi connectivity index (χ2n) is 8.97. The minimum absolute atomic E-state index is 0.0148. The van der Waals surface area contributed by atoms with E-state index in [1.165, 1.54) is 12.4 Å². The number of nitrogen functional groups attached to an aromatic ring is 1. The Morgan fingerprint density at radius 3 is 2.73 bits per heavy atom. The number of carbonyl (C=O) groups is 1. The lowest BCUT2D eigenvalue weighted by molar-refractivity contribution is -0.127. The maximum Gasteiger partial charge on any atom is 0.245 e. The predicted octanol–water partition coefficient (Wildman–Crippen LogP) is 6.93. The van der Waals surface area contributed by atoms with Gasteiger partial charge in [0.25, 0.3) is 0 Å². The summed E-state index contributed by atoms with van der Waals surface area (Å²) in [5, 5.41) is 5.92. The minimum atomic E-state index is -0.0933. The van der Waals surface area contributed by atoms with Crippen molar-refractivity contribution in [3.63, 3.8) is 0 Å². The molecule has 1 aliphatic rings. The smallest absolute Gasteiger partial charge is 0.245 e. The quantitative estimate of drug-likeness (QED) is 0.269. The number of nitrogens with zero attached hydrogens (tertiary/aromatic N) is 4. The predicted molar refractivity (Wildman–Crippen MR) is 148 cm³/mol. The number of halogens is 3. The number of fused-ring (bicyclic) bond motifs is 1. The number of nitrogens with two attached hydrogens (primary N) is 1. The second-order valence-corrected chi connectivity index (χ2v) is 10.2. The number of aryl methyl sites for hydroxylation is 1. The van der Waals surface area contributed by atoms with Crippen LogP contribution in [0.4, 0.5) is 5.82 Å². The average molecular weight is 557 g/mol. The van der Waals surface area contributed by atoms with Gasteiger partial charge >= 0.3 is 0 Å². The number of anilines is 1. The first-order valence-corrected chi connectivity index (χ1v) is 12.9. The van der Waals surface area contributed by atoms with Crippen LogP contribution in [0.2, 0.25) is 15.1 Å². The van der Waals surface area contributed by atoms with Crippen molar-refractivity contribution in [3.8, 4) is 22.6 Å². The number of hydrogen-bond donors (Lipinski definition) is 1. The van der Waals surface area contributed by atoms with E-state index in [0.717, 1.165) is 35.2 Å². The topological polar surface area (TPSA) is 85.8 Å². The maximum absolute atomic E-state index is 12.3. The SMILES string of the molecule is C=CC(=O)N1CCCC(c2c(Cl)c(-c3ccc(Oc4ccc(Cl)c(Cl)c4)c(C)c3)c3c(N)ncnn23)C1. The van der Waals surface area contributed by atoms with E-state index in [-0.39, 0.29) is 11.8 Å². The molecule has 1 amide bonds. The van der Waals surface area contributed by atoms with Crippen LogP contribution in [0.25, 0.3) is 16.6 Å². The van der Waals surface area contributed by atoms with Crippen molar-refractivity contribution in [3.05, 3.63) is 81.7 Å². The molecule has 7 nitrogen and oxygen atoms in total. The molecule has 2 aromatic carbocycles. The second kappa shape index (κ2) is 10.2. The van der Waals surface area contributed by atoms with Crippen molar-refractivity contribution in [2.24, 2.45) is 0 Å². The molecular weight excluding hydrogens is 533 g/mol. The molecule has 0 bridgehead atoms. The molecule has 1 atom stereocenters. The van der Waals surface area contributed by atoms with Gasteiger partial charge in [-0.1, -0.05) is 47.4 Å². The molecule has 5 rings (SSSR count). The fourth-order valence-electron chi connectivity index (χ4n) is 4.84. The number of piperidine rings is 1. The third-order valence-electron chi connectivity index (χ3n) is 6.60. The molecule has 0 aliphatic carbocycles. The van der Waals surface area contributed by atoms with Crippen LogP contribution in [-0.2, 0) is 4.79 Å². The molecule has 1 unspecified atom stereocenters. The van der Waals surface area contributed by atoms with Crippen molar-refractivity contribution in [2.45, 2.75) is 25.7 Å². The van der Waals surface area contributed by atoms with Crippen molar-refractivity contribution in [1.82, 2.24) is 19.5 Å². The first kappa shape index (κ1) is 25.4. The Labute approximate surface area is 229 Å². The summed E-state index contributed by atoms with van der Waals surface area (Å²) in [4.78, 5) is 18.3. The Hall–Kier alpha value is -3.26. The van der Waals surface area contributed by atoms with Gasteiger partial charge in [0.05, 0.1) is 20.8 Å². The van der Waals surface area contributed by atoms with Gasteiger partial charge in [-0.2, -0.15) is 5.10 Å². The lowest BCUT2D eigenvalue weighted by atomic mass is 9.93. The number of likely N-dealkylation sites (tertiary alicyclic amines) is 1. The van der Waals surface area contributed by atoms with E-state index in [9.17, 15) is 4.79 Å². The van der Waals surface area contributed by atoms with E-state index in [2.05, 4.69) is 16.7 Å². The third-order valence-corrected chi connectivity index (χ3v) is 7.73. The summed E-state index contributed by atoms with van der Waals surface area (Å²) in [7, 11) is 0. The number of aromatic nitrogens is 3. The molecule has 2 N–H and O–H groups in total. The average Bonchev–Trinajstić information content (AvgIpc) is 3.20. The summed E-state index contributed by atoms with van der Waals surface area (Å²) in [6.45, 7) is 6.78. The number of amides is 1. The molecule has 2 aromatic heterocycles. The van der Waals surface area contributed by atoms with Crippen LogP contribution < -0.4 is 10.5 Å². The van der Waals surface area contributed by atoms with Gasteiger partial charge in [-0.25, -0.2) is 9.50 Å². The molecule has 1 aliphatic heterocycles. The van der Waals surface area contributed by atoms with Gasteiger partial charge in [0.1, 0.15) is 23.3 Å². The molecule has 4 aromatic rings. The summed E-state index contributed by atoms with van der Waals surface area (Å²) < 4.78 is 7.81. The molecule has 0 saturated carbocycles. The summed E-state index contributed by atoms with van der Waals surface area (Å²) in [5.41, 5.74) is 10.3. The zero-order chi connectivity index (χ0) is 26.3. The summed E-state index contributed by atoms with van der Waals surface area (Å²) >= 11 is 19.2. The van der Waals surface area contributed by atoms with E-state index >= 15 is 0 Å². The largest absolute Gasteiger partial charge is 0.457 e. The van der Waals surface area contributed by atoms with Crippen LogP contribution in [0.5, 0.6) is 11.5 Å². The van der Waals surface area contributed by atoms with Gasteiger partial charge in [-0.3, -0.25) is 4.79 Å². The normalized spacial score (nSPS) is 15.7. The number of hydrogen-bond acceptors (Lipinski definition) is 5. The van der Waals surface area contributed by atoms with E-state index < -0.39 is 0 Å². The number of ether oxygens (including phenoxy) is 1. The van der Waals surface area contributed by atoms with Gasteiger partial charge in [0.2, 0.25) is 5.91 Å². The standard InChI is InChI=1S/C27H24Cl3N5O2/c1-3-22(36)34-10-4-5-17(13-34)25-24(30)23(26-27(31)32-14-33-35(25)26)16-6-9-21(15(2)11-16)37-18-7-8-19(28)20(29)12-18/h3,6-9,11-12,14,17H,1,4-5,10,13H2,2H3,(H2,31,32,33). The number of rotatable bonds is 5. The van der Waals surface area contributed by atoms with Crippen LogP contribution in [0.15, 0.2) is 55.4 Å². The molecule has 1 fully saturated rings. The van der Waals surface area contributed by atoms with Crippen LogP contribution in [0.3, 0.4) is 0 Å². The highest BCUT2D eigenvalue weighted by molar-refractivity contribution is 6.42. The van der Waals surface area contributed by atoms with Crippen LogP contribution in [0.1, 0.15) is 30.0 Å². The Balaban J connectivity index is 1.56. The van der Waals surface area contributed by atoms with E-state index in [0.29, 0.717) is 51.0 Å². The Bertz CT molecular complexity index is 1530. The Morgan fingerprint density at radius 1 is 1.19 bits per heavy atom. The highest BCUT2D eigenvalue weighted by Crippen LogP contribution is 2.44.